The molecule has 0 aromatic carbocycles. The van der Waals surface area contributed by atoms with Gasteiger partial charge in [0.1, 0.15) is 0 Å². The van der Waals surface area contributed by atoms with Crippen molar-refractivity contribution in [1.29, 1.82) is 0 Å². The number of hydrogen-bond acceptors (Lipinski definition) is 3. The lowest BCUT2D eigenvalue weighted by Crippen LogP contribution is -2.38. The Morgan fingerprint density at radius 1 is 1.25 bits per heavy atom. The van der Waals surface area contributed by atoms with Gasteiger partial charge in [-0.25, -0.2) is 0 Å². The van der Waals surface area contributed by atoms with E-state index in [4.69, 9.17) is 5.11 Å². The molecule has 0 saturated heterocycles. The minimum Gasteiger partial charge on any atom is -0.396 e. The summed E-state index contributed by atoms with van der Waals surface area (Å²) in [4.78, 5) is 0. The fraction of sp³-hybridized carbons (Fsp3) is 1.00. The molecule has 1 aliphatic rings. The predicted octanol–water partition coefficient (Wildman–Crippen LogP) is 0.263. The molecular weight excluding hydrogens is 154 g/mol. The van der Waals surface area contributed by atoms with Crippen LogP contribution in [0.25, 0.3) is 0 Å². The molecule has 0 spiro atoms. The zero-order valence-corrected chi connectivity index (χ0v) is 7.55. The summed E-state index contributed by atoms with van der Waals surface area (Å²) in [6.45, 7) is 1.72. The van der Waals surface area contributed by atoms with Gasteiger partial charge in [0, 0.05) is 13.2 Å². The molecule has 0 aromatic rings. The monoisotopic (exact) mass is 173 g/mol. The lowest BCUT2D eigenvalue weighted by atomic mass is 10.0. The van der Waals surface area contributed by atoms with Gasteiger partial charge in [0.2, 0.25) is 0 Å². The first kappa shape index (κ1) is 9.96. The Balaban J connectivity index is 2.05. The first-order valence-electron chi connectivity index (χ1n) is 4.81. The molecule has 3 N–H and O–H groups in total. The van der Waals surface area contributed by atoms with Crippen molar-refractivity contribution in [3.63, 3.8) is 0 Å². The van der Waals surface area contributed by atoms with Crippen LogP contribution in [0.2, 0.25) is 0 Å². The van der Waals surface area contributed by atoms with Crippen molar-refractivity contribution in [3.8, 4) is 0 Å². The van der Waals surface area contributed by atoms with Crippen LogP contribution in [0.4, 0.5) is 0 Å². The van der Waals surface area contributed by atoms with Crippen LogP contribution >= 0.6 is 0 Å². The highest BCUT2D eigenvalue weighted by molar-refractivity contribution is 4.85. The molecule has 72 valence electrons. The van der Waals surface area contributed by atoms with Gasteiger partial charge in [-0.3, -0.25) is 0 Å². The molecule has 0 amide bonds. The van der Waals surface area contributed by atoms with E-state index in [0.717, 1.165) is 38.6 Å². The van der Waals surface area contributed by atoms with Crippen molar-refractivity contribution < 1.29 is 10.2 Å². The second kappa shape index (κ2) is 4.80. The summed E-state index contributed by atoms with van der Waals surface area (Å²) < 4.78 is 0. The Morgan fingerprint density at radius 2 is 1.92 bits per heavy atom. The molecule has 1 fully saturated rings. The van der Waals surface area contributed by atoms with Crippen LogP contribution in [0, 0.1) is 0 Å². The van der Waals surface area contributed by atoms with Crippen molar-refractivity contribution in [1.82, 2.24) is 5.32 Å². The molecule has 0 aromatic heterocycles. The third kappa shape index (κ3) is 3.09. The normalized spacial score (nSPS) is 21.5. The number of aliphatic hydroxyl groups excluding tert-OH is 1. The van der Waals surface area contributed by atoms with Gasteiger partial charge >= 0.3 is 0 Å². The number of nitrogens with one attached hydrogen (secondary N) is 1. The van der Waals surface area contributed by atoms with E-state index in [-0.39, 0.29) is 6.61 Å². The lowest BCUT2D eigenvalue weighted by molar-refractivity contribution is 0.0475. The summed E-state index contributed by atoms with van der Waals surface area (Å²) in [6.07, 6.45) is 4.94. The number of rotatable bonds is 5. The molecule has 1 aliphatic carbocycles. The first-order chi connectivity index (χ1) is 5.77. The minimum absolute atomic E-state index is 0.228. The summed E-state index contributed by atoms with van der Waals surface area (Å²) in [5.74, 6) is 0. The van der Waals surface area contributed by atoms with Gasteiger partial charge in [0.25, 0.3) is 0 Å². The quantitative estimate of drug-likeness (QED) is 0.523. The Labute approximate surface area is 73.8 Å². The van der Waals surface area contributed by atoms with E-state index >= 15 is 0 Å². The first-order valence-corrected chi connectivity index (χ1v) is 4.81. The van der Waals surface area contributed by atoms with Crippen molar-refractivity contribution >= 4 is 0 Å². The molecule has 3 nitrogen and oxygen atoms in total. The molecule has 0 atom stereocenters. The maximum absolute atomic E-state index is 9.87. The van der Waals surface area contributed by atoms with Gasteiger partial charge in [0.05, 0.1) is 5.60 Å². The second-order valence-electron chi connectivity index (χ2n) is 3.69. The second-order valence-corrected chi connectivity index (χ2v) is 3.69. The van der Waals surface area contributed by atoms with Crippen LogP contribution in [0.15, 0.2) is 0 Å². The van der Waals surface area contributed by atoms with Gasteiger partial charge in [-0.15, -0.1) is 0 Å². The molecule has 0 radical (unpaired) electrons. The lowest BCUT2D eigenvalue weighted by Gasteiger charge is -2.22. The van der Waals surface area contributed by atoms with E-state index in [2.05, 4.69) is 5.32 Å². The molecule has 1 rings (SSSR count). The molecule has 3 heteroatoms. The zero-order valence-electron chi connectivity index (χ0n) is 7.55. The molecular formula is C9H19NO2. The van der Waals surface area contributed by atoms with Gasteiger partial charge in [-0.05, 0) is 25.8 Å². The van der Waals surface area contributed by atoms with Crippen LogP contribution in [-0.4, -0.2) is 35.5 Å². The highest BCUT2D eigenvalue weighted by Crippen LogP contribution is 2.28. The average Bonchev–Trinajstić information content (AvgIpc) is 2.47. The summed E-state index contributed by atoms with van der Waals surface area (Å²) in [5.41, 5.74) is -0.449. The van der Waals surface area contributed by atoms with Gasteiger partial charge < -0.3 is 15.5 Å². The standard InChI is InChI=1S/C9H19NO2/c11-7-3-6-10-8-9(12)4-1-2-5-9/h10-12H,1-8H2. The van der Waals surface area contributed by atoms with E-state index < -0.39 is 5.60 Å². The largest absolute Gasteiger partial charge is 0.396 e. The van der Waals surface area contributed by atoms with E-state index in [1.54, 1.807) is 0 Å². The van der Waals surface area contributed by atoms with E-state index in [0.29, 0.717) is 6.54 Å². The highest BCUT2D eigenvalue weighted by Gasteiger charge is 2.30. The van der Waals surface area contributed by atoms with E-state index in [9.17, 15) is 5.11 Å². The summed E-state index contributed by atoms with van der Waals surface area (Å²) >= 11 is 0. The Hall–Kier alpha value is -0.120. The smallest absolute Gasteiger partial charge is 0.0771 e. The third-order valence-electron chi connectivity index (χ3n) is 2.50. The summed E-state index contributed by atoms with van der Waals surface area (Å²) in [5, 5.41) is 21.5. The van der Waals surface area contributed by atoms with Crippen molar-refractivity contribution in [3.05, 3.63) is 0 Å². The van der Waals surface area contributed by atoms with Crippen molar-refractivity contribution in [2.45, 2.75) is 37.7 Å². The van der Waals surface area contributed by atoms with Gasteiger partial charge in [-0.2, -0.15) is 0 Å². The Morgan fingerprint density at radius 3 is 2.50 bits per heavy atom. The van der Waals surface area contributed by atoms with Gasteiger partial charge in [0.15, 0.2) is 0 Å². The number of hydrogen-bond donors (Lipinski definition) is 3. The molecule has 0 heterocycles. The Bertz CT molecular complexity index is 122. The molecule has 0 aliphatic heterocycles. The van der Waals surface area contributed by atoms with Crippen LogP contribution in [-0.2, 0) is 0 Å². The SMILES string of the molecule is OCCCNCC1(O)CCCC1. The predicted molar refractivity (Wildman–Crippen MR) is 48.0 cm³/mol. The van der Waals surface area contributed by atoms with Crippen LogP contribution < -0.4 is 5.32 Å². The van der Waals surface area contributed by atoms with Crippen LogP contribution in [0.3, 0.4) is 0 Å². The summed E-state index contributed by atoms with van der Waals surface area (Å²) in [7, 11) is 0. The minimum atomic E-state index is -0.449. The highest BCUT2D eigenvalue weighted by atomic mass is 16.3. The fourth-order valence-corrected chi connectivity index (χ4v) is 1.74. The van der Waals surface area contributed by atoms with Crippen molar-refractivity contribution in [2.75, 3.05) is 19.7 Å². The van der Waals surface area contributed by atoms with Crippen LogP contribution in [0.1, 0.15) is 32.1 Å². The maximum Gasteiger partial charge on any atom is 0.0771 e. The maximum atomic E-state index is 9.87. The Kier molecular flexibility index (Phi) is 3.98. The molecule has 12 heavy (non-hydrogen) atoms. The molecule has 0 unspecified atom stereocenters. The van der Waals surface area contributed by atoms with Gasteiger partial charge in [-0.1, -0.05) is 12.8 Å². The number of aliphatic hydroxyl groups is 2. The van der Waals surface area contributed by atoms with Crippen LogP contribution in [0.5, 0.6) is 0 Å². The van der Waals surface area contributed by atoms with E-state index in [1.165, 1.54) is 0 Å². The summed E-state index contributed by atoms with van der Waals surface area (Å²) in [6, 6.07) is 0. The zero-order chi connectivity index (χ0) is 8.86. The fourth-order valence-electron chi connectivity index (χ4n) is 1.74. The molecule has 0 bridgehead atoms. The van der Waals surface area contributed by atoms with E-state index in [1.807, 2.05) is 0 Å². The topological polar surface area (TPSA) is 52.5 Å². The average molecular weight is 173 g/mol. The van der Waals surface area contributed by atoms with Crippen molar-refractivity contribution in [2.24, 2.45) is 0 Å². The molecule has 1 saturated carbocycles. The third-order valence-corrected chi connectivity index (χ3v) is 2.50.